The largest absolute Gasteiger partial charge is 0.423 e. The van der Waals surface area contributed by atoms with Crippen molar-refractivity contribution in [1.29, 1.82) is 0 Å². The third-order valence-electron chi connectivity index (χ3n) is 3.04. The Morgan fingerprint density at radius 2 is 1.95 bits per heavy atom. The molecule has 0 aliphatic carbocycles. The van der Waals surface area contributed by atoms with Gasteiger partial charge in [0, 0.05) is 7.11 Å². The maximum Gasteiger partial charge on any atom is 0.237 e. The van der Waals surface area contributed by atoms with Gasteiger partial charge in [-0.05, 0) is 19.4 Å². The van der Waals surface area contributed by atoms with Gasteiger partial charge in [0.2, 0.25) is 11.8 Å². The second kappa shape index (κ2) is 5.50. The molecule has 0 fully saturated rings. The van der Waals surface area contributed by atoms with Crippen LogP contribution in [0.25, 0.3) is 0 Å². The highest BCUT2D eigenvalue weighted by molar-refractivity contribution is 5.22. The Bertz CT molecular complexity index is 522. The van der Waals surface area contributed by atoms with Gasteiger partial charge in [0.05, 0.1) is 12.0 Å². The Labute approximate surface area is 112 Å². The molecule has 1 unspecified atom stereocenters. The molecule has 0 bridgehead atoms. The predicted molar refractivity (Wildman–Crippen MR) is 71.6 cm³/mol. The Hall–Kier alpha value is -1.72. The second-order valence-electron chi connectivity index (χ2n) is 5.06. The molecular formula is C14H19N3O2. The molecule has 1 aromatic carbocycles. The zero-order chi connectivity index (χ0) is 13.9. The van der Waals surface area contributed by atoms with E-state index >= 15 is 0 Å². The highest BCUT2D eigenvalue weighted by Crippen LogP contribution is 2.20. The number of aromatic nitrogens is 2. The van der Waals surface area contributed by atoms with Gasteiger partial charge in [-0.25, -0.2) is 0 Å². The summed E-state index contributed by atoms with van der Waals surface area (Å²) >= 11 is 0. The van der Waals surface area contributed by atoms with Crippen molar-refractivity contribution in [2.75, 3.05) is 7.11 Å². The van der Waals surface area contributed by atoms with E-state index < -0.39 is 6.04 Å². The van der Waals surface area contributed by atoms with Gasteiger partial charge >= 0.3 is 0 Å². The van der Waals surface area contributed by atoms with E-state index in [1.54, 1.807) is 7.11 Å². The van der Waals surface area contributed by atoms with Gasteiger partial charge in [0.15, 0.2) is 0 Å². The minimum atomic E-state index is -0.395. The van der Waals surface area contributed by atoms with Crippen LogP contribution in [-0.2, 0) is 11.2 Å². The third kappa shape index (κ3) is 3.39. The molecule has 5 heteroatoms. The van der Waals surface area contributed by atoms with Crippen molar-refractivity contribution in [2.45, 2.75) is 31.9 Å². The van der Waals surface area contributed by atoms with E-state index in [0.717, 1.165) is 5.56 Å². The Kier molecular flexibility index (Phi) is 3.97. The minimum absolute atomic E-state index is 0.333. The van der Waals surface area contributed by atoms with Crippen LogP contribution in [0.4, 0.5) is 0 Å². The Balaban J connectivity index is 2.13. The third-order valence-corrected chi connectivity index (χ3v) is 3.04. The van der Waals surface area contributed by atoms with Crippen LogP contribution in [0.5, 0.6) is 0 Å². The lowest BCUT2D eigenvalue weighted by Gasteiger charge is -2.20. The van der Waals surface area contributed by atoms with Crippen molar-refractivity contribution in [3.63, 3.8) is 0 Å². The molecule has 0 aliphatic heterocycles. The van der Waals surface area contributed by atoms with Crippen LogP contribution >= 0.6 is 0 Å². The molecule has 0 saturated carbocycles. The van der Waals surface area contributed by atoms with Gasteiger partial charge in [0.25, 0.3) is 0 Å². The van der Waals surface area contributed by atoms with Crippen molar-refractivity contribution < 1.29 is 9.15 Å². The predicted octanol–water partition coefficient (Wildman–Crippen LogP) is 2.09. The van der Waals surface area contributed by atoms with Crippen molar-refractivity contribution in [3.05, 3.63) is 47.7 Å². The molecule has 0 saturated heterocycles. The number of nitrogens with zero attached hydrogens (tertiary/aromatic N) is 2. The molecule has 1 aromatic heterocycles. The molecule has 5 nitrogen and oxygen atoms in total. The van der Waals surface area contributed by atoms with E-state index in [2.05, 4.69) is 10.2 Å². The van der Waals surface area contributed by atoms with E-state index in [0.29, 0.717) is 18.2 Å². The molecule has 2 N–H and O–H groups in total. The lowest BCUT2D eigenvalue weighted by atomic mass is 10.1. The fourth-order valence-electron chi connectivity index (χ4n) is 1.70. The topological polar surface area (TPSA) is 74.2 Å². The van der Waals surface area contributed by atoms with Gasteiger partial charge in [-0.3, -0.25) is 0 Å². The molecule has 0 spiro atoms. The summed E-state index contributed by atoms with van der Waals surface area (Å²) in [6.45, 7) is 3.93. The van der Waals surface area contributed by atoms with Crippen molar-refractivity contribution >= 4 is 0 Å². The summed E-state index contributed by atoms with van der Waals surface area (Å²) in [5, 5.41) is 8.03. The number of benzene rings is 1. The maximum atomic E-state index is 6.10. The summed E-state index contributed by atoms with van der Waals surface area (Å²) in [5.74, 6) is 0.960. The fourth-order valence-corrected chi connectivity index (χ4v) is 1.70. The zero-order valence-corrected chi connectivity index (χ0v) is 11.5. The molecule has 102 valence electrons. The van der Waals surface area contributed by atoms with Crippen LogP contribution in [0, 0.1) is 0 Å². The molecule has 1 atom stereocenters. The molecule has 1 heterocycles. The van der Waals surface area contributed by atoms with E-state index in [1.807, 2.05) is 44.2 Å². The molecular weight excluding hydrogens is 242 g/mol. The number of rotatable bonds is 5. The second-order valence-corrected chi connectivity index (χ2v) is 5.06. The first-order chi connectivity index (χ1) is 9.02. The van der Waals surface area contributed by atoms with E-state index in [4.69, 9.17) is 14.9 Å². The van der Waals surface area contributed by atoms with E-state index in [9.17, 15) is 0 Å². The number of hydrogen-bond donors (Lipinski definition) is 1. The van der Waals surface area contributed by atoms with Crippen molar-refractivity contribution in [1.82, 2.24) is 10.2 Å². The smallest absolute Gasteiger partial charge is 0.237 e. The number of nitrogens with two attached hydrogens (primary N) is 1. The van der Waals surface area contributed by atoms with Gasteiger partial charge in [-0.1, -0.05) is 30.3 Å². The van der Waals surface area contributed by atoms with Crippen LogP contribution in [-0.4, -0.2) is 22.9 Å². The van der Waals surface area contributed by atoms with Gasteiger partial charge in [0.1, 0.15) is 6.04 Å². The molecule has 2 rings (SSSR count). The van der Waals surface area contributed by atoms with Crippen molar-refractivity contribution in [2.24, 2.45) is 5.73 Å². The standard InChI is InChI=1S/C14H19N3O2/c1-14(2,18-3)9-11-16-17-13(19-11)12(15)10-7-5-4-6-8-10/h4-8,12H,9,15H2,1-3H3. The Morgan fingerprint density at radius 3 is 2.58 bits per heavy atom. The molecule has 0 amide bonds. The maximum absolute atomic E-state index is 6.10. The highest BCUT2D eigenvalue weighted by atomic mass is 16.5. The van der Waals surface area contributed by atoms with Crippen LogP contribution in [0.3, 0.4) is 0 Å². The van der Waals surface area contributed by atoms with Crippen LogP contribution in [0.1, 0.15) is 37.2 Å². The first kappa shape index (κ1) is 13.7. The lowest BCUT2D eigenvalue weighted by Crippen LogP contribution is -2.25. The normalized spacial score (nSPS) is 13.5. The number of methoxy groups -OCH3 is 1. The summed E-state index contributed by atoms with van der Waals surface area (Å²) in [7, 11) is 1.66. The monoisotopic (exact) mass is 261 g/mol. The van der Waals surface area contributed by atoms with Crippen molar-refractivity contribution in [3.8, 4) is 0 Å². The Morgan fingerprint density at radius 1 is 1.26 bits per heavy atom. The summed E-state index contributed by atoms with van der Waals surface area (Å²) in [4.78, 5) is 0. The molecule has 19 heavy (non-hydrogen) atoms. The summed E-state index contributed by atoms with van der Waals surface area (Å²) in [5.41, 5.74) is 6.71. The van der Waals surface area contributed by atoms with Gasteiger partial charge in [-0.2, -0.15) is 0 Å². The number of ether oxygens (including phenoxy) is 1. The minimum Gasteiger partial charge on any atom is -0.423 e. The summed E-state index contributed by atoms with van der Waals surface area (Å²) in [6.07, 6.45) is 0.554. The molecule has 0 radical (unpaired) electrons. The summed E-state index contributed by atoms with van der Waals surface area (Å²) < 4.78 is 10.9. The molecule has 0 aliphatic rings. The van der Waals surface area contributed by atoms with Gasteiger partial charge in [-0.15, -0.1) is 10.2 Å². The van der Waals surface area contributed by atoms with E-state index in [-0.39, 0.29) is 5.60 Å². The lowest BCUT2D eigenvalue weighted by molar-refractivity contribution is 0.0179. The number of hydrogen-bond acceptors (Lipinski definition) is 5. The van der Waals surface area contributed by atoms with Crippen LogP contribution in [0.2, 0.25) is 0 Å². The first-order valence-corrected chi connectivity index (χ1v) is 6.20. The highest BCUT2D eigenvalue weighted by Gasteiger charge is 2.23. The summed E-state index contributed by atoms with van der Waals surface area (Å²) in [6, 6.07) is 9.28. The molecule has 2 aromatic rings. The first-order valence-electron chi connectivity index (χ1n) is 6.20. The quantitative estimate of drug-likeness (QED) is 0.892. The average Bonchev–Trinajstić information content (AvgIpc) is 2.86. The van der Waals surface area contributed by atoms with Crippen LogP contribution in [0.15, 0.2) is 34.7 Å². The van der Waals surface area contributed by atoms with E-state index in [1.165, 1.54) is 0 Å². The zero-order valence-electron chi connectivity index (χ0n) is 11.5. The van der Waals surface area contributed by atoms with Gasteiger partial charge < -0.3 is 14.9 Å². The van der Waals surface area contributed by atoms with Crippen LogP contribution < -0.4 is 5.73 Å². The fraction of sp³-hybridized carbons (Fsp3) is 0.429. The average molecular weight is 261 g/mol. The SMILES string of the molecule is COC(C)(C)Cc1nnc(C(N)c2ccccc2)o1.